The number of nitrogens with two attached hydrogens (primary N) is 1. The number of thioether (sulfide) groups is 1. The molecule has 15 heavy (non-hydrogen) atoms. The van der Waals surface area contributed by atoms with Crippen molar-refractivity contribution in [2.24, 2.45) is 5.73 Å². The zero-order chi connectivity index (χ0) is 11.7. The van der Waals surface area contributed by atoms with Gasteiger partial charge in [0.15, 0.2) is 0 Å². The first-order chi connectivity index (χ1) is 6.68. The minimum atomic E-state index is -0.205. The first kappa shape index (κ1) is 12.6. The smallest absolute Gasteiger partial charge is 0.0609 e. The molecule has 0 atom stereocenters. The Labute approximate surface area is 97.4 Å². The Balaban J connectivity index is 2.82. The van der Waals surface area contributed by atoms with Gasteiger partial charge in [-0.15, -0.1) is 11.8 Å². The van der Waals surface area contributed by atoms with Gasteiger partial charge in [-0.25, -0.2) is 0 Å². The molecule has 1 aromatic rings. The fourth-order valence-electron chi connectivity index (χ4n) is 1.33. The Morgan fingerprint density at radius 3 is 1.73 bits per heavy atom. The molecule has 0 saturated carbocycles. The second kappa shape index (κ2) is 4.18. The van der Waals surface area contributed by atoms with E-state index < -0.39 is 0 Å². The van der Waals surface area contributed by atoms with Crippen LogP contribution in [0.3, 0.4) is 0 Å². The van der Waals surface area contributed by atoms with Gasteiger partial charge in [-0.1, -0.05) is 32.9 Å². The topological polar surface area (TPSA) is 26.0 Å². The number of rotatable bonds is 2. The van der Waals surface area contributed by atoms with Crippen molar-refractivity contribution < 1.29 is 0 Å². The fraction of sp³-hybridized carbons (Fsp3) is 0.538. The summed E-state index contributed by atoms with van der Waals surface area (Å²) in [5.74, 6) is 0. The molecule has 0 spiro atoms. The van der Waals surface area contributed by atoms with E-state index in [1.807, 2.05) is 13.8 Å². The molecule has 2 N–H and O–H groups in total. The summed E-state index contributed by atoms with van der Waals surface area (Å²) in [5, 5.41) is 0. The largest absolute Gasteiger partial charge is 0.317 e. The lowest BCUT2D eigenvalue weighted by Crippen LogP contribution is -2.26. The minimum absolute atomic E-state index is 0.205. The molecule has 1 aromatic carbocycles. The third-order valence-corrected chi connectivity index (χ3v) is 3.14. The Morgan fingerprint density at radius 2 is 1.40 bits per heavy atom. The van der Waals surface area contributed by atoms with Crippen molar-refractivity contribution in [3.8, 4) is 0 Å². The molecule has 84 valence electrons. The summed E-state index contributed by atoms with van der Waals surface area (Å²) in [6.45, 7) is 10.7. The van der Waals surface area contributed by atoms with Crippen molar-refractivity contribution in [3.63, 3.8) is 0 Å². The van der Waals surface area contributed by atoms with E-state index in [1.165, 1.54) is 10.5 Å². The molecule has 0 bridgehead atoms. The maximum atomic E-state index is 5.95. The van der Waals surface area contributed by atoms with Crippen LogP contribution in [0.25, 0.3) is 0 Å². The van der Waals surface area contributed by atoms with Crippen molar-refractivity contribution in [2.75, 3.05) is 0 Å². The Bertz CT molecular complexity index is 314. The summed E-state index contributed by atoms with van der Waals surface area (Å²) >= 11 is 1.70. The van der Waals surface area contributed by atoms with Crippen LogP contribution in [0.15, 0.2) is 29.2 Å². The Kier molecular flexibility index (Phi) is 3.51. The first-order valence-corrected chi connectivity index (χ1v) is 6.08. The Hall–Kier alpha value is -0.470. The predicted octanol–water partition coefficient (Wildman–Crippen LogP) is 3.77. The molecule has 0 aromatic heterocycles. The zero-order valence-corrected chi connectivity index (χ0v) is 11.1. The summed E-state index contributed by atoms with van der Waals surface area (Å²) in [6.07, 6.45) is 0. The Morgan fingerprint density at radius 1 is 0.933 bits per heavy atom. The van der Waals surface area contributed by atoms with E-state index in [0.29, 0.717) is 0 Å². The van der Waals surface area contributed by atoms with Crippen LogP contribution < -0.4 is 5.73 Å². The molecule has 0 heterocycles. The highest BCUT2D eigenvalue weighted by atomic mass is 32.2. The van der Waals surface area contributed by atoms with Crippen LogP contribution >= 0.6 is 11.8 Å². The molecule has 0 aliphatic carbocycles. The van der Waals surface area contributed by atoms with Gasteiger partial charge in [-0.3, -0.25) is 0 Å². The molecule has 2 heteroatoms. The second-order valence-electron chi connectivity index (χ2n) is 5.48. The normalized spacial score (nSPS) is 12.9. The van der Waals surface area contributed by atoms with Crippen molar-refractivity contribution in [1.82, 2.24) is 0 Å². The third kappa shape index (κ3) is 4.27. The van der Waals surface area contributed by atoms with Gasteiger partial charge >= 0.3 is 0 Å². The van der Waals surface area contributed by atoms with Gasteiger partial charge in [0.1, 0.15) is 0 Å². The van der Waals surface area contributed by atoms with E-state index in [2.05, 4.69) is 45.0 Å². The highest BCUT2D eigenvalue weighted by Gasteiger charge is 2.15. The summed E-state index contributed by atoms with van der Waals surface area (Å²) in [4.78, 5) is 1.03. The lowest BCUT2D eigenvalue weighted by molar-refractivity contribution is 0.589. The van der Waals surface area contributed by atoms with Gasteiger partial charge in [0.2, 0.25) is 0 Å². The van der Waals surface area contributed by atoms with Gasteiger partial charge in [0.05, 0.1) is 4.87 Å². The van der Waals surface area contributed by atoms with Crippen molar-refractivity contribution in [3.05, 3.63) is 29.8 Å². The van der Waals surface area contributed by atoms with Crippen LogP contribution in [-0.2, 0) is 5.41 Å². The average molecular weight is 223 g/mol. The maximum Gasteiger partial charge on any atom is 0.0609 e. The first-order valence-electron chi connectivity index (χ1n) is 5.27. The van der Waals surface area contributed by atoms with E-state index in [-0.39, 0.29) is 10.3 Å². The third-order valence-electron chi connectivity index (χ3n) is 2.10. The maximum absolute atomic E-state index is 5.95. The number of hydrogen-bond donors (Lipinski definition) is 1. The van der Waals surface area contributed by atoms with Crippen LogP contribution in [-0.4, -0.2) is 4.87 Å². The summed E-state index contributed by atoms with van der Waals surface area (Å²) in [7, 11) is 0. The molecule has 1 rings (SSSR count). The summed E-state index contributed by atoms with van der Waals surface area (Å²) < 4.78 is 0. The number of hydrogen-bond acceptors (Lipinski definition) is 2. The van der Waals surface area contributed by atoms with E-state index in [1.54, 1.807) is 11.8 Å². The van der Waals surface area contributed by atoms with Gasteiger partial charge in [-0.2, -0.15) is 0 Å². The van der Waals surface area contributed by atoms with E-state index in [0.717, 1.165) is 0 Å². The average Bonchev–Trinajstić information content (AvgIpc) is 2.00. The lowest BCUT2D eigenvalue weighted by atomic mass is 9.87. The molecule has 0 radical (unpaired) electrons. The quantitative estimate of drug-likeness (QED) is 0.610. The highest BCUT2D eigenvalue weighted by molar-refractivity contribution is 8.00. The van der Waals surface area contributed by atoms with Gasteiger partial charge in [0, 0.05) is 4.90 Å². The van der Waals surface area contributed by atoms with Crippen LogP contribution in [0.2, 0.25) is 0 Å². The molecule has 0 fully saturated rings. The molecular weight excluding hydrogens is 202 g/mol. The van der Waals surface area contributed by atoms with Crippen LogP contribution in [0.4, 0.5) is 0 Å². The molecule has 0 aliphatic heterocycles. The van der Waals surface area contributed by atoms with Crippen molar-refractivity contribution >= 4 is 11.8 Å². The monoisotopic (exact) mass is 223 g/mol. The SMILES string of the molecule is CC(C)(N)Sc1ccc(C(C)(C)C)cc1. The van der Waals surface area contributed by atoms with Crippen LogP contribution in [0.1, 0.15) is 40.2 Å². The van der Waals surface area contributed by atoms with Gasteiger partial charge in [-0.05, 0) is 37.0 Å². The predicted molar refractivity (Wildman–Crippen MR) is 69.3 cm³/mol. The molecule has 0 saturated heterocycles. The van der Waals surface area contributed by atoms with Crippen molar-refractivity contribution in [2.45, 2.75) is 49.8 Å². The van der Waals surface area contributed by atoms with E-state index in [4.69, 9.17) is 5.73 Å². The molecule has 0 amide bonds. The van der Waals surface area contributed by atoms with E-state index >= 15 is 0 Å². The molecule has 1 nitrogen and oxygen atoms in total. The van der Waals surface area contributed by atoms with Crippen molar-refractivity contribution in [1.29, 1.82) is 0 Å². The second-order valence-corrected chi connectivity index (χ2v) is 7.21. The van der Waals surface area contributed by atoms with Crippen LogP contribution in [0, 0.1) is 0 Å². The van der Waals surface area contributed by atoms with Crippen LogP contribution in [0.5, 0.6) is 0 Å². The van der Waals surface area contributed by atoms with E-state index in [9.17, 15) is 0 Å². The zero-order valence-electron chi connectivity index (χ0n) is 10.3. The highest BCUT2D eigenvalue weighted by Crippen LogP contribution is 2.30. The lowest BCUT2D eigenvalue weighted by Gasteiger charge is -2.21. The van der Waals surface area contributed by atoms with Gasteiger partial charge in [0.25, 0.3) is 0 Å². The summed E-state index contributed by atoms with van der Waals surface area (Å²) in [6, 6.07) is 8.68. The summed E-state index contributed by atoms with van der Waals surface area (Å²) in [5.41, 5.74) is 7.54. The fourth-order valence-corrected chi connectivity index (χ4v) is 2.21. The van der Waals surface area contributed by atoms with Gasteiger partial charge < -0.3 is 5.73 Å². The molecule has 0 aliphatic rings. The number of benzene rings is 1. The standard InChI is InChI=1S/C13H21NS/c1-12(2,3)10-6-8-11(9-7-10)15-13(4,5)14/h6-9H,14H2,1-5H3. The molecular formula is C13H21NS. The molecule has 0 unspecified atom stereocenters. The minimum Gasteiger partial charge on any atom is -0.317 e.